The second-order valence-corrected chi connectivity index (χ2v) is 19.8. The second-order valence-electron chi connectivity index (χ2n) is 19.8. The van der Waals surface area contributed by atoms with E-state index in [9.17, 15) is 5.48 Å². The van der Waals surface area contributed by atoms with E-state index >= 15 is 0 Å². The quantitative estimate of drug-likeness (QED) is 0.172. The molecule has 61 heavy (non-hydrogen) atoms. The standard InChI is InChI=1S/C60H53N/c1-57(2,3)39-27-32-47-48-33-28-40(58(4,5)6)36-54(48)60(53(47)35-39)52-24-15-13-19-45(52)49-34-31-43(37-55(49)60)61(41-17-10-9-11-18-41)42-29-25-38(26-30-42)44-21-16-22-50-46-20-12-14-23-51(46)59(7,8)56(44)50/h9-37H,1-8H3/i25D,26D,29D,30D. The van der Waals surface area contributed by atoms with E-state index in [2.05, 4.69) is 165 Å². The van der Waals surface area contributed by atoms with E-state index < -0.39 is 10.8 Å². The molecule has 3 aliphatic rings. The zero-order chi connectivity index (χ0) is 45.5. The predicted molar refractivity (Wildman–Crippen MR) is 258 cm³/mol. The lowest BCUT2D eigenvalue weighted by Gasteiger charge is -2.34. The van der Waals surface area contributed by atoms with Crippen LogP contribution < -0.4 is 4.90 Å². The summed E-state index contributed by atoms with van der Waals surface area (Å²) in [5.41, 5.74) is 18.2. The van der Waals surface area contributed by atoms with Crippen LogP contribution in [0.15, 0.2) is 176 Å². The zero-order valence-electron chi connectivity index (χ0n) is 40.4. The molecular formula is C60H53N. The summed E-state index contributed by atoms with van der Waals surface area (Å²) in [7, 11) is 0. The summed E-state index contributed by atoms with van der Waals surface area (Å²) < 4.78 is 39.5. The van der Waals surface area contributed by atoms with Crippen molar-refractivity contribution in [1.82, 2.24) is 0 Å². The zero-order valence-corrected chi connectivity index (χ0v) is 36.4. The van der Waals surface area contributed by atoms with Crippen LogP contribution in [-0.2, 0) is 21.7 Å². The monoisotopic (exact) mass is 791 g/mol. The fourth-order valence-corrected chi connectivity index (χ4v) is 10.8. The third kappa shape index (κ3) is 5.39. The maximum atomic E-state index is 9.92. The molecule has 0 amide bonds. The van der Waals surface area contributed by atoms with Crippen molar-refractivity contribution in [3.63, 3.8) is 0 Å². The molecule has 0 aromatic heterocycles. The van der Waals surface area contributed by atoms with Crippen LogP contribution in [0.4, 0.5) is 17.1 Å². The molecule has 0 N–H and O–H groups in total. The van der Waals surface area contributed by atoms with Crippen molar-refractivity contribution in [3.8, 4) is 44.5 Å². The van der Waals surface area contributed by atoms with Gasteiger partial charge in [-0.15, -0.1) is 0 Å². The average molecular weight is 792 g/mol. The Morgan fingerprint density at radius 2 is 0.869 bits per heavy atom. The van der Waals surface area contributed by atoms with Gasteiger partial charge in [-0.05, 0) is 136 Å². The van der Waals surface area contributed by atoms with Gasteiger partial charge in [0.15, 0.2) is 0 Å². The number of fused-ring (bicyclic) bond motifs is 13. The lowest BCUT2D eigenvalue weighted by molar-refractivity contribution is 0.586. The maximum Gasteiger partial charge on any atom is 0.0726 e. The van der Waals surface area contributed by atoms with Gasteiger partial charge in [-0.2, -0.15) is 0 Å². The van der Waals surface area contributed by atoms with Gasteiger partial charge < -0.3 is 4.90 Å². The molecule has 1 heteroatoms. The van der Waals surface area contributed by atoms with Crippen molar-refractivity contribution in [2.24, 2.45) is 0 Å². The minimum atomic E-state index is -0.659. The molecule has 0 saturated heterocycles. The minimum absolute atomic E-state index is 0.0600. The average Bonchev–Trinajstić information content (AvgIpc) is 3.85. The van der Waals surface area contributed by atoms with Crippen LogP contribution in [0, 0.1) is 0 Å². The van der Waals surface area contributed by atoms with Gasteiger partial charge in [0.25, 0.3) is 0 Å². The van der Waals surface area contributed by atoms with Crippen molar-refractivity contribution in [1.29, 1.82) is 0 Å². The van der Waals surface area contributed by atoms with Gasteiger partial charge in [0.2, 0.25) is 0 Å². The van der Waals surface area contributed by atoms with Crippen molar-refractivity contribution >= 4 is 17.1 Å². The highest BCUT2D eigenvalue weighted by Gasteiger charge is 2.52. The van der Waals surface area contributed by atoms with Gasteiger partial charge in [0, 0.05) is 22.5 Å². The van der Waals surface area contributed by atoms with Gasteiger partial charge in [0.05, 0.1) is 10.9 Å². The number of hydrogen-bond donors (Lipinski definition) is 0. The van der Waals surface area contributed by atoms with E-state index in [1.807, 2.05) is 47.4 Å². The van der Waals surface area contributed by atoms with E-state index in [0.717, 1.165) is 44.8 Å². The molecule has 8 aromatic carbocycles. The molecule has 298 valence electrons. The SMILES string of the molecule is [2H]c1c([2H])c(N(c2ccccc2)c2ccc3c(c2)C2(c4ccccc4-3)c3cc(C(C)(C)C)ccc3-c3ccc(C(C)(C)C)cc32)c([2H])c([2H])c1-c1cccc2c1C(C)(C)c1ccccc1-2. The van der Waals surface area contributed by atoms with Crippen LogP contribution in [0.5, 0.6) is 0 Å². The smallest absolute Gasteiger partial charge is 0.0726 e. The first-order chi connectivity index (χ1) is 31.0. The van der Waals surface area contributed by atoms with Crippen LogP contribution in [0.2, 0.25) is 0 Å². The van der Waals surface area contributed by atoms with Gasteiger partial charge >= 0.3 is 0 Å². The number of rotatable bonds is 4. The summed E-state index contributed by atoms with van der Waals surface area (Å²) in [4.78, 5) is 1.95. The molecular weight excluding hydrogens is 735 g/mol. The molecule has 11 rings (SSSR count). The summed E-state index contributed by atoms with van der Waals surface area (Å²) in [6.45, 7) is 18.1. The first kappa shape index (κ1) is 33.3. The molecule has 8 aromatic rings. The third-order valence-electron chi connectivity index (χ3n) is 13.9. The summed E-state index contributed by atoms with van der Waals surface area (Å²) >= 11 is 0. The van der Waals surface area contributed by atoms with E-state index in [1.165, 1.54) is 50.1 Å². The van der Waals surface area contributed by atoms with Crippen LogP contribution in [-0.4, -0.2) is 0 Å². The number of para-hydroxylation sites is 1. The number of nitrogens with zero attached hydrogens (tertiary/aromatic N) is 1. The van der Waals surface area contributed by atoms with Crippen LogP contribution in [0.3, 0.4) is 0 Å². The maximum absolute atomic E-state index is 9.92. The minimum Gasteiger partial charge on any atom is -0.310 e. The summed E-state index contributed by atoms with van der Waals surface area (Å²) in [6, 6.07) is 53.6. The fourth-order valence-electron chi connectivity index (χ4n) is 10.8. The van der Waals surface area contributed by atoms with Crippen molar-refractivity contribution < 1.29 is 5.48 Å². The van der Waals surface area contributed by atoms with E-state index in [1.54, 1.807) is 0 Å². The third-order valence-corrected chi connectivity index (χ3v) is 13.9. The van der Waals surface area contributed by atoms with Crippen LogP contribution in [0.1, 0.15) is 105 Å². The van der Waals surface area contributed by atoms with Gasteiger partial charge in [-0.1, -0.05) is 195 Å². The molecule has 0 atom stereocenters. The Balaban J connectivity index is 1.18. The summed E-state index contributed by atoms with van der Waals surface area (Å²) in [5, 5.41) is 0. The largest absolute Gasteiger partial charge is 0.310 e. The first-order valence-corrected chi connectivity index (χ1v) is 21.7. The number of benzene rings is 8. The first-order valence-electron chi connectivity index (χ1n) is 23.7. The second kappa shape index (κ2) is 13.0. The molecule has 0 bridgehead atoms. The fraction of sp³-hybridized carbons (Fsp3) is 0.200. The highest BCUT2D eigenvalue weighted by atomic mass is 15.1. The molecule has 0 heterocycles. The Kier molecular flexibility index (Phi) is 7.11. The molecule has 0 aliphatic heterocycles. The highest BCUT2D eigenvalue weighted by Crippen LogP contribution is 2.64. The number of anilines is 3. The Morgan fingerprint density at radius 1 is 0.393 bits per heavy atom. The molecule has 0 unspecified atom stereocenters. The van der Waals surface area contributed by atoms with Crippen molar-refractivity contribution in [2.75, 3.05) is 4.90 Å². The van der Waals surface area contributed by atoms with Gasteiger partial charge in [-0.3, -0.25) is 0 Å². The van der Waals surface area contributed by atoms with Gasteiger partial charge in [0.1, 0.15) is 0 Å². The highest BCUT2D eigenvalue weighted by molar-refractivity contribution is 5.97. The molecule has 0 radical (unpaired) electrons. The Hall–Kier alpha value is -6.44. The van der Waals surface area contributed by atoms with E-state index in [4.69, 9.17) is 0 Å². The summed E-state index contributed by atoms with van der Waals surface area (Å²) in [5.74, 6) is 0. The topological polar surface area (TPSA) is 3.24 Å². The van der Waals surface area contributed by atoms with Crippen LogP contribution >= 0.6 is 0 Å². The molecule has 3 aliphatic carbocycles. The van der Waals surface area contributed by atoms with E-state index in [0.29, 0.717) is 5.56 Å². The Morgan fingerprint density at radius 3 is 1.48 bits per heavy atom. The van der Waals surface area contributed by atoms with Crippen molar-refractivity contribution in [2.45, 2.75) is 77.0 Å². The number of hydrogen-bond acceptors (Lipinski definition) is 1. The molecule has 1 spiro atoms. The molecule has 1 nitrogen and oxygen atoms in total. The molecule has 0 saturated carbocycles. The normalized spacial score (nSPS) is 15.7. The van der Waals surface area contributed by atoms with Crippen LogP contribution in [0.25, 0.3) is 44.5 Å². The van der Waals surface area contributed by atoms with Gasteiger partial charge in [-0.25, -0.2) is 0 Å². The van der Waals surface area contributed by atoms with E-state index in [-0.39, 0.29) is 40.7 Å². The van der Waals surface area contributed by atoms with Crippen molar-refractivity contribution in [3.05, 3.63) is 220 Å². The lowest BCUT2D eigenvalue weighted by Crippen LogP contribution is -2.27. The lowest BCUT2D eigenvalue weighted by atomic mass is 9.68. The summed E-state index contributed by atoms with van der Waals surface area (Å²) in [6.07, 6.45) is 0. The predicted octanol–water partition coefficient (Wildman–Crippen LogP) is 16.1. The Bertz CT molecular complexity index is 3220. The Labute approximate surface area is 368 Å². The molecule has 0 fully saturated rings.